The molecule has 0 aromatic carbocycles. The summed E-state index contributed by atoms with van der Waals surface area (Å²) < 4.78 is 0. The van der Waals surface area contributed by atoms with Gasteiger partial charge in [0.05, 0.1) is 0 Å². The minimum atomic E-state index is 0.0325. The first-order chi connectivity index (χ1) is 5.81. The van der Waals surface area contributed by atoms with Crippen molar-refractivity contribution in [1.82, 2.24) is 0 Å². The first kappa shape index (κ1) is 12.1. The molecule has 0 aliphatic carbocycles. The van der Waals surface area contributed by atoms with Crippen molar-refractivity contribution in [2.24, 2.45) is 5.41 Å². The predicted molar refractivity (Wildman–Crippen MR) is 53.5 cm³/mol. The van der Waals surface area contributed by atoms with Crippen LogP contribution in [0.25, 0.3) is 0 Å². The number of rotatable bonds is 4. The lowest BCUT2D eigenvalue weighted by atomic mass is 9.95. The zero-order chi connectivity index (χ0) is 10.5. The van der Waals surface area contributed by atoms with Crippen molar-refractivity contribution in [3.8, 4) is 0 Å². The van der Waals surface area contributed by atoms with Crippen LogP contribution in [-0.2, 0) is 9.59 Å². The van der Waals surface area contributed by atoms with Crippen LogP contribution in [0, 0.1) is 5.41 Å². The van der Waals surface area contributed by atoms with Gasteiger partial charge in [-0.3, -0.25) is 4.79 Å². The summed E-state index contributed by atoms with van der Waals surface area (Å²) in [6.45, 7) is 7.59. The number of ketones is 2. The third-order valence-corrected chi connectivity index (χ3v) is 1.49. The third kappa shape index (κ3) is 8.99. The van der Waals surface area contributed by atoms with Crippen LogP contribution in [0.3, 0.4) is 0 Å². The molecule has 74 valence electrons. The van der Waals surface area contributed by atoms with E-state index in [1.807, 2.05) is 26.8 Å². The van der Waals surface area contributed by atoms with E-state index < -0.39 is 0 Å². The summed E-state index contributed by atoms with van der Waals surface area (Å²) in [5.41, 5.74) is 0.0336. The van der Waals surface area contributed by atoms with E-state index in [-0.39, 0.29) is 17.0 Å². The normalized spacial score (nSPS) is 12.0. The standard InChI is InChI=1S/C11H18O2/c1-9(12)5-6-10(13)7-8-11(2,3)4/h7-8H,5-6H2,1-4H3/b8-7+. The number of hydrogen-bond acceptors (Lipinski definition) is 2. The SMILES string of the molecule is CC(=O)CCC(=O)/C=C/C(C)(C)C. The smallest absolute Gasteiger partial charge is 0.155 e. The molecule has 0 aliphatic rings. The van der Waals surface area contributed by atoms with E-state index in [1.165, 1.54) is 6.92 Å². The molecular formula is C11H18O2. The van der Waals surface area contributed by atoms with E-state index >= 15 is 0 Å². The number of carbonyl (C=O) groups excluding carboxylic acids is 2. The molecule has 0 aromatic heterocycles. The second-order valence-electron chi connectivity index (χ2n) is 4.37. The molecular weight excluding hydrogens is 164 g/mol. The molecule has 0 radical (unpaired) electrons. The highest BCUT2D eigenvalue weighted by atomic mass is 16.1. The van der Waals surface area contributed by atoms with Crippen LogP contribution < -0.4 is 0 Å². The minimum absolute atomic E-state index is 0.0325. The van der Waals surface area contributed by atoms with Crippen molar-refractivity contribution < 1.29 is 9.59 Å². The highest BCUT2D eigenvalue weighted by Gasteiger charge is 2.05. The lowest BCUT2D eigenvalue weighted by Crippen LogP contribution is -2.02. The minimum Gasteiger partial charge on any atom is -0.300 e. The second kappa shape index (κ2) is 4.95. The average Bonchev–Trinajstić information content (AvgIpc) is 1.95. The van der Waals surface area contributed by atoms with Gasteiger partial charge in [-0.1, -0.05) is 26.8 Å². The highest BCUT2D eigenvalue weighted by Crippen LogP contribution is 2.14. The number of hydrogen-bond donors (Lipinski definition) is 0. The van der Waals surface area contributed by atoms with Gasteiger partial charge < -0.3 is 4.79 Å². The summed E-state index contributed by atoms with van der Waals surface area (Å²) in [6.07, 6.45) is 4.13. The maximum Gasteiger partial charge on any atom is 0.155 e. The molecule has 2 nitrogen and oxygen atoms in total. The molecule has 0 unspecified atom stereocenters. The van der Waals surface area contributed by atoms with E-state index in [2.05, 4.69) is 0 Å². The largest absolute Gasteiger partial charge is 0.300 e. The number of carbonyl (C=O) groups is 2. The average molecular weight is 182 g/mol. The van der Waals surface area contributed by atoms with E-state index in [1.54, 1.807) is 6.08 Å². The quantitative estimate of drug-likeness (QED) is 0.626. The van der Waals surface area contributed by atoms with E-state index in [9.17, 15) is 9.59 Å². The number of Topliss-reactive ketones (excluding diaryl/α,β-unsaturated/α-hetero) is 1. The van der Waals surface area contributed by atoms with Crippen molar-refractivity contribution in [3.63, 3.8) is 0 Å². The summed E-state index contributed by atoms with van der Waals surface area (Å²) in [4.78, 5) is 21.7. The van der Waals surface area contributed by atoms with Gasteiger partial charge in [0, 0.05) is 12.8 Å². The van der Waals surface area contributed by atoms with Crippen LogP contribution in [0.5, 0.6) is 0 Å². The fourth-order valence-corrected chi connectivity index (χ4v) is 0.726. The summed E-state index contributed by atoms with van der Waals surface area (Å²) in [6, 6.07) is 0. The summed E-state index contributed by atoms with van der Waals surface area (Å²) in [7, 11) is 0. The molecule has 0 N–H and O–H groups in total. The Hall–Kier alpha value is -0.920. The molecule has 0 saturated heterocycles. The third-order valence-electron chi connectivity index (χ3n) is 1.49. The molecule has 0 spiro atoms. The van der Waals surface area contributed by atoms with E-state index in [0.717, 1.165) is 0 Å². The van der Waals surface area contributed by atoms with Crippen LogP contribution in [0.1, 0.15) is 40.5 Å². The monoisotopic (exact) mass is 182 g/mol. The Balaban J connectivity index is 3.88. The molecule has 0 rings (SSSR count). The Morgan fingerprint density at radius 3 is 2.08 bits per heavy atom. The van der Waals surface area contributed by atoms with Gasteiger partial charge in [0.15, 0.2) is 5.78 Å². The lowest BCUT2D eigenvalue weighted by Gasteiger charge is -2.10. The first-order valence-corrected chi connectivity index (χ1v) is 4.53. The zero-order valence-electron chi connectivity index (χ0n) is 8.89. The molecule has 0 atom stereocenters. The maximum atomic E-state index is 11.2. The fraction of sp³-hybridized carbons (Fsp3) is 0.636. The molecule has 0 aliphatic heterocycles. The van der Waals surface area contributed by atoms with Gasteiger partial charge in [0.25, 0.3) is 0 Å². The molecule has 2 heteroatoms. The van der Waals surface area contributed by atoms with Gasteiger partial charge >= 0.3 is 0 Å². The van der Waals surface area contributed by atoms with Gasteiger partial charge in [-0.05, 0) is 18.4 Å². The van der Waals surface area contributed by atoms with Gasteiger partial charge in [0.2, 0.25) is 0 Å². The molecule has 0 bridgehead atoms. The van der Waals surface area contributed by atoms with Crippen LogP contribution >= 0.6 is 0 Å². The van der Waals surface area contributed by atoms with Gasteiger partial charge in [-0.2, -0.15) is 0 Å². The Morgan fingerprint density at radius 1 is 1.15 bits per heavy atom. The Kier molecular flexibility index (Phi) is 4.60. The Morgan fingerprint density at radius 2 is 1.69 bits per heavy atom. The summed E-state index contributed by atoms with van der Waals surface area (Å²) in [5.74, 6) is 0.0997. The molecule has 0 saturated carbocycles. The molecule has 0 heterocycles. The zero-order valence-corrected chi connectivity index (χ0v) is 8.89. The maximum absolute atomic E-state index is 11.2. The van der Waals surface area contributed by atoms with E-state index in [4.69, 9.17) is 0 Å². The Bertz CT molecular complexity index is 219. The van der Waals surface area contributed by atoms with E-state index in [0.29, 0.717) is 12.8 Å². The van der Waals surface area contributed by atoms with Crippen molar-refractivity contribution in [3.05, 3.63) is 12.2 Å². The van der Waals surface area contributed by atoms with Crippen LogP contribution in [0.2, 0.25) is 0 Å². The lowest BCUT2D eigenvalue weighted by molar-refractivity contribution is -0.120. The summed E-state index contributed by atoms with van der Waals surface area (Å²) >= 11 is 0. The van der Waals surface area contributed by atoms with Crippen LogP contribution in [0.15, 0.2) is 12.2 Å². The van der Waals surface area contributed by atoms with Crippen molar-refractivity contribution in [2.45, 2.75) is 40.5 Å². The highest BCUT2D eigenvalue weighted by molar-refractivity contribution is 5.92. The number of allylic oxidation sites excluding steroid dienone is 2. The second-order valence-corrected chi connectivity index (χ2v) is 4.37. The fourth-order valence-electron chi connectivity index (χ4n) is 0.726. The van der Waals surface area contributed by atoms with Gasteiger partial charge in [0.1, 0.15) is 5.78 Å². The van der Waals surface area contributed by atoms with Crippen molar-refractivity contribution in [2.75, 3.05) is 0 Å². The first-order valence-electron chi connectivity index (χ1n) is 4.53. The van der Waals surface area contributed by atoms with Crippen LogP contribution in [-0.4, -0.2) is 11.6 Å². The molecule has 0 aromatic rings. The molecule has 0 amide bonds. The van der Waals surface area contributed by atoms with Crippen molar-refractivity contribution in [1.29, 1.82) is 0 Å². The van der Waals surface area contributed by atoms with Crippen LogP contribution in [0.4, 0.5) is 0 Å². The van der Waals surface area contributed by atoms with Gasteiger partial charge in [-0.15, -0.1) is 0 Å². The Labute approximate surface area is 80.0 Å². The molecule has 0 fully saturated rings. The predicted octanol–water partition coefficient (Wildman–Crippen LogP) is 2.53. The van der Waals surface area contributed by atoms with Crippen molar-refractivity contribution >= 4 is 11.6 Å². The van der Waals surface area contributed by atoms with Gasteiger partial charge in [-0.25, -0.2) is 0 Å². The molecule has 13 heavy (non-hydrogen) atoms. The summed E-state index contributed by atoms with van der Waals surface area (Å²) in [5, 5.41) is 0. The topological polar surface area (TPSA) is 34.1 Å².